The summed E-state index contributed by atoms with van der Waals surface area (Å²) in [6, 6.07) is 0. The van der Waals surface area contributed by atoms with Gasteiger partial charge in [0.1, 0.15) is 11.7 Å². The number of amides is 1. The smallest absolute Gasteiger partial charge is 0.251 e. The van der Waals surface area contributed by atoms with Gasteiger partial charge in [-0.15, -0.1) is 0 Å². The molecule has 0 bridgehead atoms. The molecule has 3 aliphatic heterocycles. The summed E-state index contributed by atoms with van der Waals surface area (Å²) < 4.78 is 24.7. The molecule has 1 unspecified atom stereocenters. The lowest BCUT2D eigenvalue weighted by molar-refractivity contribution is -0.160. The van der Waals surface area contributed by atoms with E-state index in [1.165, 1.54) is 12.4 Å². The molecule has 0 saturated carbocycles. The molecule has 0 radical (unpaired) electrons. The average Bonchev–Trinajstić information content (AvgIpc) is 3.16. The largest absolute Gasteiger partial charge is 0.369 e. The number of carbonyl (C=O) groups is 1. The summed E-state index contributed by atoms with van der Waals surface area (Å²) in [6.45, 7) is 3.76. The molecular weight excluding hydrogens is 327 g/mol. The third-order valence-electron chi connectivity index (χ3n) is 5.19. The fraction of sp³-hybridized carbons (Fsp3) is 0.706. The highest BCUT2D eigenvalue weighted by atomic mass is 19.1. The second-order valence-electron chi connectivity index (χ2n) is 7.02. The minimum atomic E-state index is -0.447. The highest BCUT2D eigenvalue weighted by molar-refractivity contribution is 5.81. The van der Waals surface area contributed by atoms with E-state index < -0.39 is 11.4 Å². The first-order valence-corrected chi connectivity index (χ1v) is 8.92. The van der Waals surface area contributed by atoms with E-state index in [-0.39, 0.29) is 12.0 Å². The van der Waals surface area contributed by atoms with Crippen LogP contribution in [0.3, 0.4) is 0 Å². The van der Waals surface area contributed by atoms with Crippen LogP contribution in [0.4, 0.5) is 10.3 Å². The fourth-order valence-corrected chi connectivity index (χ4v) is 3.99. The van der Waals surface area contributed by atoms with Crippen LogP contribution in [0.25, 0.3) is 0 Å². The molecule has 136 valence electrons. The maximum Gasteiger partial charge on any atom is 0.251 e. The van der Waals surface area contributed by atoms with Gasteiger partial charge in [-0.1, -0.05) is 0 Å². The molecule has 1 amide bonds. The van der Waals surface area contributed by atoms with Gasteiger partial charge in [-0.2, -0.15) is 0 Å². The Morgan fingerprint density at radius 3 is 2.80 bits per heavy atom. The first kappa shape index (κ1) is 16.7. The van der Waals surface area contributed by atoms with Gasteiger partial charge in [0.25, 0.3) is 5.91 Å². The molecular formula is C17H23FN4O3. The molecule has 3 saturated heterocycles. The van der Waals surface area contributed by atoms with Crippen LogP contribution in [-0.2, 0) is 14.3 Å². The Kier molecular flexibility index (Phi) is 4.56. The summed E-state index contributed by atoms with van der Waals surface area (Å²) in [6.07, 6.45) is 5.62. The second-order valence-corrected chi connectivity index (χ2v) is 7.02. The molecule has 25 heavy (non-hydrogen) atoms. The van der Waals surface area contributed by atoms with Crippen molar-refractivity contribution in [1.82, 2.24) is 14.9 Å². The molecule has 4 heterocycles. The van der Waals surface area contributed by atoms with Crippen molar-refractivity contribution in [2.24, 2.45) is 0 Å². The van der Waals surface area contributed by atoms with E-state index in [2.05, 4.69) is 9.97 Å². The number of ether oxygens (including phenoxy) is 2. The Morgan fingerprint density at radius 2 is 2.04 bits per heavy atom. The van der Waals surface area contributed by atoms with Crippen LogP contribution >= 0.6 is 0 Å². The SMILES string of the molecule is O=C([C@H]1CCCO1)N1CCOC2(CCCN(c3ncc(F)cn3)C2)C1. The maximum atomic E-state index is 13.1. The van der Waals surface area contributed by atoms with Gasteiger partial charge < -0.3 is 19.3 Å². The van der Waals surface area contributed by atoms with Gasteiger partial charge in [0, 0.05) is 19.7 Å². The quantitative estimate of drug-likeness (QED) is 0.793. The number of piperidine rings is 1. The maximum absolute atomic E-state index is 13.1. The average molecular weight is 350 g/mol. The molecule has 0 N–H and O–H groups in total. The van der Waals surface area contributed by atoms with E-state index in [0.717, 1.165) is 32.2 Å². The number of halogens is 1. The van der Waals surface area contributed by atoms with Crippen molar-refractivity contribution < 1.29 is 18.7 Å². The molecule has 7 nitrogen and oxygen atoms in total. The lowest BCUT2D eigenvalue weighted by Crippen LogP contribution is -2.62. The molecule has 8 heteroatoms. The van der Waals surface area contributed by atoms with Crippen molar-refractivity contribution in [2.45, 2.75) is 37.4 Å². The molecule has 3 fully saturated rings. The number of rotatable bonds is 2. The van der Waals surface area contributed by atoms with E-state index in [1.807, 2.05) is 9.80 Å². The molecule has 0 aliphatic carbocycles. The van der Waals surface area contributed by atoms with Crippen molar-refractivity contribution in [3.8, 4) is 0 Å². The number of anilines is 1. The van der Waals surface area contributed by atoms with Crippen LogP contribution in [0, 0.1) is 5.82 Å². The first-order valence-electron chi connectivity index (χ1n) is 8.92. The monoisotopic (exact) mass is 350 g/mol. The number of hydrogen-bond donors (Lipinski definition) is 0. The molecule has 1 aromatic rings. The molecule has 1 spiro atoms. The van der Waals surface area contributed by atoms with Crippen molar-refractivity contribution >= 4 is 11.9 Å². The van der Waals surface area contributed by atoms with E-state index in [9.17, 15) is 9.18 Å². The topological polar surface area (TPSA) is 67.8 Å². The Bertz CT molecular complexity index is 619. The predicted molar refractivity (Wildman–Crippen MR) is 87.7 cm³/mol. The summed E-state index contributed by atoms with van der Waals surface area (Å²) >= 11 is 0. The van der Waals surface area contributed by atoms with Crippen molar-refractivity contribution in [3.63, 3.8) is 0 Å². The Balaban J connectivity index is 1.46. The predicted octanol–water partition coefficient (Wildman–Crippen LogP) is 0.992. The van der Waals surface area contributed by atoms with Gasteiger partial charge >= 0.3 is 0 Å². The number of aromatic nitrogens is 2. The Hall–Kier alpha value is -1.80. The molecule has 2 atom stereocenters. The van der Waals surface area contributed by atoms with Crippen molar-refractivity contribution in [1.29, 1.82) is 0 Å². The minimum absolute atomic E-state index is 0.0790. The Labute approximate surface area is 146 Å². The van der Waals surface area contributed by atoms with Crippen LogP contribution in [0.15, 0.2) is 12.4 Å². The van der Waals surface area contributed by atoms with Crippen LogP contribution < -0.4 is 4.90 Å². The summed E-state index contributed by atoms with van der Waals surface area (Å²) in [5, 5.41) is 0. The first-order chi connectivity index (χ1) is 12.2. The van der Waals surface area contributed by atoms with E-state index in [4.69, 9.17) is 9.47 Å². The van der Waals surface area contributed by atoms with E-state index in [0.29, 0.717) is 38.8 Å². The van der Waals surface area contributed by atoms with Crippen LogP contribution in [-0.4, -0.2) is 71.9 Å². The van der Waals surface area contributed by atoms with Crippen LogP contribution in [0.2, 0.25) is 0 Å². The summed E-state index contributed by atoms with van der Waals surface area (Å²) in [5.74, 6) is 0.139. The standard InChI is InChI=1S/C17H23FN4O3/c18-13-9-19-16(20-10-13)22-5-2-4-17(12-22)11-21(6-8-25-17)15(23)14-3-1-7-24-14/h9-10,14H,1-8,11-12H2/t14-,17?/m1/s1. The van der Waals surface area contributed by atoms with Gasteiger partial charge in [-0.25, -0.2) is 14.4 Å². The molecule has 1 aromatic heterocycles. The highest BCUT2D eigenvalue weighted by Crippen LogP contribution is 2.31. The van der Waals surface area contributed by atoms with Gasteiger partial charge in [0.05, 0.1) is 32.1 Å². The van der Waals surface area contributed by atoms with E-state index >= 15 is 0 Å². The zero-order valence-electron chi connectivity index (χ0n) is 14.2. The van der Waals surface area contributed by atoms with Crippen molar-refractivity contribution in [3.05, 3.63) is 18.2 Å². The lowest BCUT2D eigenvalue weighted by Gasteiger charge is -2.48. The minimum Gasteiger partial charge on any atom is -0.369 e. The summed E-state index contributed by atoms with van der Waals surface area (Å²) in [4.78, 5) is 24.7. The van der Waals surface area contributed by atoms with Gasteiger partial charge in [0.15, 0.2) is 5.82 Å². The molecule has 3 aliphatic rings. The lowest BCUT2D eigenvalue weighted by atomic mass is 9.90. The van der Waals surface area contributed by atoms with Crippen molar-refractivity contribution in [2.75, 3.05) is 44.3 Å². The summed E-state index contributed by atoms with van der Waals surface area (Å²) in [7, 11) is 0. The van der Waals surface area contributed by atoms with Gasteiger partial charge in [-0.3, -0.25) is 4.79 Å². The normalized spacial score (nSPS) is 30.0. The molecule has 0 aromatic carbocycles. The van der Waals surface area contributed by atoms with Crippen LogP contribution in [0.1, 0.15) is 25.7 Å². The number of nitrogens with zero attached hydrogens (tertiary/aromatic N) is 4. The Morgan fingerprint density at radius 1 is 1.20 bits per heavy atom. The van der Waals surface area contributed by atoms with Crippen LogP contribution in [0.5, 0.6) is 0 Å². The summed E-state index contributed by atoms with van der Waals surface area (Å²) in [5.41, 5.74) is -0.414. The number of morpholine rings is 1. The number of carbonyl (C=O) groups excluding carboxylic acids is 1. The number of hydrogen-bond acceptors (Lipinski definition) is 6. The third-order valence-corrected chi connectivity index (χ3v) is 5.19. The zero-order chi connectivity index (χ0) is 17.3. The van der Waals surface area contributed by atoms with Gasteiger partial charge in [-0.05, 0) is 25.7 Å². The van der Waals surface area contributed by atoms with Gasteiger partial charge in [0.2, 0.25) is 5.95 Å². The molecule has 4 rings (SSSR count). The highest BCUT2D eigenvalue weighted by Gasteiger charge is 2.43. The third kappa shape index (κ3) is 3.46. The zero-order valence-corrected chi connectivity index (χ0v) is 14.2. The fourth-order valence-electron chi connectivity index (χ4n) is 3.99. The van der Waals surface area contributed by atoms with E-state index in [1.54, 1.807) is 0 Å². The second kappa shape index (κ2) is 6.84.